The Morgan fingerprint density at radius 3 is 2.12 bits per heavy atom. The third kappa shape index (κ3) is 6.49. The lowest BCUT2D eigenvalue weighted by molar-refractivity contribution is -0.133. The van der Waals surface area contributed by atoms with Crippen molar-refractivity contribution in [1.29, 1.82) is 0 Å². The smallest absolute Gasteiger partial charge is 0.223 e. The van der Waals surface area contributed by atoms with E-state index in [1.165, 1.54) is 5.56 Å². The zero-order valence-electron chi connectivity index (χ0n) is 14.4. The molecule has 1 aliphatic heterocycles. The number of hydrogen-bond acceptors (Lipinski definition) is 3. The first-order valence-corrected chi connectivity index (χ1v) is 8.45. The maximum Gasteiger partial charge on any atom is 0.223 e. The number of rotatable bonds is 6. The maximum atomic E-state index is 12.4. The molecule has 0 spiro atoms. The van der Waals surface area contributed by atoms with Crippen LogP contribution in [0.15, 0.2) is 30.3 Å². The molecule has 134 valence electrons. The van der Waals surface area contributed by atoms with Gasteiger partial charge in [-0.05, 0) is 25.5 Å². The second kappa shape index (κ2) is 11.0. The number of amides is 2. The van der Waals surface area contributed by atoms with Crippen LogP contribution in [0.5, 0.6) is 0 Å². The molecular formula is C18H28ClN3O2. The second-order valence-electron chi connectivity index (χ2n) is 5.95. The van der Waals surface area contributed by atoms with Gasteiger partial charge in [0.25, 0.3) is 0 Å². The van der Waals surface area contributed by atoms with Gasteiger partial charge in [0, 0.05) is 45.6 Å². The van der Waals surface area contributed by atoms with Gasteiger partial charge in [-0.25, -0.2) is 0 Å². The van der Waals surface area contributed by atoms with Crippen molar-refractivity contribution in [1.82, 2.24) is 15.1 Å². The number of halogens is 1. The lowest BCUT2D eigenvalue weighted by Crippen LogP contribution is -2.38. The van der Waals surface area contributed by atoms with E-state index in [0.717, 1.165) is 25.9 Å². The predicted molar refractivity (Wildman–Crippen MR) is 98.3 cm³/mol. The van der Waals surface area contributed by atoms with Crippen molar-refractivity contribution in [2.75, 3.05) is 39.8 Å². The average Bonchev–Trinajstić information content (AvgIpc) is 2.84. The highest BCUT2D eigenvalue weighted by atomic mass is 35.5. The third-order valence-electron chi connectivity index (χ3n) is 4.26. The number of nitrogens with zero attached hydrogens (tertiary/aromatic N) is 2. The van der Waals surface area contributed by atoms with Gasteiger partial charge < -0.3 is 15.1 Å². The van der Waals surface area contributed by atoms with E-state index in [1.54, 1.807) is 0 Å². The topological polar surface area (TPSA) is 52.7 Å². The molecule has 0 radical (unpaired) electrons. The molecule has 1 fully saturated rings. The molecule has 0 saturated carbocycles. The molecule has 1 aromatic rings. The Morgan fingerprint density at radius 1 is 0.958 bits per heavy atom. The van der Waals surface area contributed by atoms with E-state index in [4.69, 9.17) is 0 Å². The van der Waals surface area contributed by atoms with Gasteiger partial charge in [0.1, 0.15) is 0 Å². The summed E-state index contributed by atoms with van der Waals surface area (Å²) >= 11 is 0. The van der Waals surface area contributed by atoms with Crippen molar-refractivity contribution in [2.45, 2.75) is 25.7 Å². The Bertz CT molecular complexity index is 510. The lowest BCUT2D eigenvalue weighted by atomic mass is 10.1. The van der Waals surface area contributed by atoms with Gasteiger partial charge in [-0.3, -0.25) is 9.59 Å². The average molecular weight is 354 g/mol. The van der Waals surface area contributed by atoms with Crippen molar-refractivity contribution >= 4 is 24.2 Å². The summed E-state index contributed by atoms with van der Waals surface area (Å²) < 4.78 is 0. The number of hydrogen-bond donors (Lipinski definition) is 1. The van der Waals surface area contributed by atoms with Crippen LogP contribution in [-0.2, 0) is 16.0 Å². The van der Waals surface area contributed by atoms with Crippen LogP contribution in [0.1, 0.15) is 24.8 Å². The fraction of sp³-hybridized carbons (Fsp3) is 0.556. The molecule has 1 aliphatic rings. The Kier molecular flexibility index (Phi) is 9.42. The first kappa shape index (κ1) is 20.5. The predicted octanol–water partition coefficient (Wildman–Crippen LogP) is 1.71. The molecule has 2 rings (SSSR count). The zero-order chi connectivity index (χ0) is 16.5. The number of carbonyl (C=O) groups is 2. The molecule has 0 atom stereocenters. The summed E-state index contributed by atoms with van der Waals surface area (Å²) in [5.41, 5.74) is 1.19. The minimum atomic E-state index is 0. The number of nitrogens with one attached hydrogen (secondary N) is 1. The minimum absolute atomic E-state index is 0. The Morgan fingerprint density at radius 2 is 1.54 bits per heavy atom. The molecule has 6 heteroatoms. The Balaban J connectivity index is 0.00000288. The van der Waals surface area contributed by atoms with Gasteiger partial charge in [0.15, 0.2) is 0 Å². The van der Waals surface area contributed by atoms with Crippen LogP contribution in [-0.4, -0.2) is 61.4 Å². The summed E-state index contributed by atoms with van der Waals surface area (Å²) in [6, 6.07) is 10.1. The molecule has 0 aromatic heterocycles. The first-order chi connectivity index (χ1) is 11.2. The van der Waals surface area contributed by atoms with E-state index < -0.39 is 0 Å². The van der Waals surface area contributed by atoms with Gasteiger partial charge in [0.05, 0.1) is 0 Å². The van der Waals surface area contributed by atoms with E-state index in [1.807, 2.05) is 35.0 Å². The van der Waals surface area contributed by atoms with Crippen molar-refractivity contribution in [3.05, 3.63) is 35.9 Å². The third-order valence-corrected chi connectivity index (χ3v) is 4.26. The van der Waals surface area contributed by atoms with E-state index in [2.05, 4.69) is 17.4 Å². The maximum absolute atomic E-state index is 12.4. The molecule has 1 heterocycles. The molecular weight excluding hydrogens is 326 g/mol. The largest absolute Gasteiger partial charge is 0.341 e. The van der Waals surface area contributed by atoms with Crippen LogP contribution in [0.3, 0.4) is 0 Å². The lowest BCUT2D eigenvalue weighted by Gasteiger charge is -2.22. The molecule has 0 unspecified atom stereocenters. The molecule has 24 heavy (non-hydrogen) atoms. The monoisotopic (exact) mass is 353 g/mol. The van der Waals surface area contributed by atoms with Gasteiger partial charge in [-0.1, -0.05) is 30.3 Å². The number of aryl methyl sites for hydroxylation is 1. The highest BCUT2D eigenvalue weighted by Crippen LogP contribution is 2.09. The molecule has 0 aliphatic carbocycles. The summed E-state index contributed by atoms with van der Waals surface area (Å²) in [6.07, 6.45) is 2.71. The highest BCUT2D eigenvalue weighted by molar-refractivity contribution is 5.85. The summed E-state index contributed by atoms with van der Waals surface area (Å²) in [7, 11) is 1.85. The van der Waals surface area contributed by atoms with Crippen LogP contribution < -0.4 is 5.32 Å². The van der Waals surface area contributed by atoms with E-state index in [0.29, 0.717) is 32.5 Å². The van der Waals surface area contributed by atoms with Crippen molar-refractivity contribution in [3.8, 4) is 0 Å². The molecule has 1 aromatic carbocycles. The zero-order valence-corrected chi connectivity index (χ0v) is 15.2. The summed E-state index contributed by atoms with van der Waals surface area (Å²) in [5, 5.41) is 3.00. The highest BCUT2D eigenvalue weighted by Gasteiger charge is 2.21. The van der Waals surface area contributed by atoms with Crippen LogP contribution in [0.4, 0.5) is 0 Å². The van der Waals surface area contributed by atoms with Crippen molar-refractivity contribution in [2.24, 2.45) is 0 Å². The van der Waals surface area contributed by atoms with Gasteiger partial charge in [-0.15, -0.1) is 12.4 Å². The Hall–Kier alpha value is -1.59. The first-order valence-electron chi connectivity index (χ1n) is 8.45. The number of benzene rings is 1. The van der Waals surface area contributed by atoms with Gasteiger partial charge in [-0.2, -0.15) is 0 Å². The van der Waals surface area contributed by atoms with E-state index >= 15 is 0 Å². The van der Waals surface area contributed by atoms with Crippen LogP contribution >= 0.6 is 12.4 Å². The minimum Gasteiger partial charge on any atom is -0.341 e. The van der Waals surface area contributed by atoms with Crippen LogP contribution in [0, 0.1) is 0 Å². The van der Waals surface area contributed by atoms with Gasteiger partial charge >= 0.3 is 0 Å². The standard InChI is InChI=1S/C18H27N3O2.ClH/c1-19-11-10-18(23)21-13-5-12-20(14-15-21)17(22)9-8-16-6-3-2-4-7-16;/h2-4,6-7,19H,5,8-15H2,1H3;1H. The summed E-state index contributed by atoms with van der Waals surface area (Å²) in [5.74, 6) is 0.372. The van der Waals surface area contributed by atoms with E-state index in [-0.39, 0.29) is 24.2 Å². The van der Waals surface area contributed by atoms with Gasteiger partial charge in [0.2, 0.25) is 11.8 Å². The quantitative estimate of drug-likeness (QED) is 0.847. The molecule has 5 nitrogen and oxygen atoms in total. The number of carbonyl (C=O) groups excluding carboxylic acids is 2. The second-order valence-corrected chi connectivity index (χ2v) is 5.95. The summed E-state index contributed by atoms with van der Waals surface area (Å²) in [4.78, 5) is 28.3. The van der Waals surface area contributed by atoms with E-state index in [9.17, 15) is 9.59 Å². The van der Waals surface area contributed by atoms with Crippen molar-refractivity contribution < 1.29 is 9.59 Å². The molecule has 2 amide bonds. The van der Waals surface area contributed by atoms with Crippen LogP contribution in [0.25, 0.3) is 0 Å². The molecule has 1 N–H and O–H groups in total. The normalized spacial score (nSPS) is 14.7. The molecule has 0 bridgehead atoms. The van der Waals surface area contributed by atoms with Crippen molar-refractivity contribution in [3.63, 3.8) is 0 Å². The fourth-order valence-electron chi connectivity index (χ4n) is 2.86. The SMILES string of the molecule is CNCCC(=O)N1CCCN(C(=O)CCc2ccccc2)CC1.Cl. The summed E-state index contributed by atoms with van der Waals surface area (Å²) in [6.45, 7) is 3.52. The van der Waals surface area contributed by atoms with Crippen LogP contribution in [0.2, 0.25) is 0 Å². The molecule has 1 saturated heterocycles. The fourth-order valence-corrected chi connectivity index (χ4v) is 2.86. The Labute approximate surface area is 150 Å².